The largest absolute Gasteiger partial charge is 0.507 e. The molecule has 0 saturated heterocycles. The van der Waals surface area contributed by atoms with Crippen LogP contribution in [0.1, 0.15) is 91.7 Å². The fourth-order valence-corrected chi connectivity index (χ4v) is 7.76. The Morgan fingerprint density at radius 3 is 2.06 bits per heavy atom. The van der Waals surface area contributed by atoms with Gasteiger partial charge in [0.2, 0.25) is 0 Å². The van der Waals surface area contributed by atoms with Gasteiger partial charge in [0.1, 0.15) is 11.5 Å². The average molecular weight is 419 g/mol. The summed E-state index contributed by atoms with van der Waals surface area (Å²) in [7, 11) is 0. The van der Waals surface area contributed by atoms with Crippen molar-refractivity contribution in [2.45, 2.75) is 84.5 Å². The number of fused-ring (bicyclic) bond motifs is 5. The minimum Gasteiger partial charge on any atom is -0.507 e. The SMILES string of the molecule is Cc1cc(C)c(O)c(C2CCC3C4CC(c5cc(C)cc(C(C)(C)C)c5O)C(C4)C23)c1. The fraction of sp³-hybridized carbons (Fsp3) is 0.586. The third-order valence-corrected chi connectivity index (χ3v) is 8.88. The Balaban J connectivity index is 1.54. The molecule has 2 nitrogen and oxygen atoms in total. The van der Waals surface area contributed by atoms with Gasteiger partial charge in [0.25, 0.3) is 0 Å². The molecule has 2 heteroatoms. The second kappa shape index (κ2) is 7.02. The van der Waals surface area contributed by atoms with Crippen molar-refractivity contribution in [1.82, 2.24) is 0 Å². The van der Waals surface area contributed by atoms with E-state index in [0.29, 0.717) is 35.2 Å². The van der Waals surface area contributed by atoms with E-state index in [2.05, 4.69) is 58.9 Å². The maximum Gasteiger partial charge on any atom is 0.122 e. The number of phenols is 2. The highest BCUT2D eigenvalue weighted by Crippen LogP contribution is 2.68. The van der Waals surface area contributed by atoms with E-state index in [1.807, 2.05) is 6.92 Å². The number of aromatic hydroxyl groups is 2. The van der Waals surface area contributed by atoms with Gasteiger partial charge >= 0.3 is 0 Å². The van der Waals surface area contributed by atoms with Crippen LogP contribution in [-0.4, -0.2) is 10.2 Å². The van der Waals surface area contributed by atoms with Gasteiger partial charge in [0.15, 0.2) is 0 Å². The first-order chi connectivity index (χ1) is 14.6. The predicted octanol–water partition coefficient (Wildman–Crippen LogP) is 7.25. The molecule has 6 atom stereocenters. The van der Waals surface area contributed by atoms with E-state index < -0.39 is 0 Å². The standard InChI is InChI=1S/C29H38O2/c1-15-9-17(3)27(30)23(10-15)20-8-7-19-18-13-21(22(14-18)26(19)20)24-11-16(2)12-25(28(24)31)29(4,5)6/h9-12,18-22,26,30-31H,7-8,13-14H2,1-6H3. The molecular weight excluding hydrogens is 380 g/mol. The zero-order chi connectivity index (χ0) is 22.2. The summed E-state index contributed by atoms with van der Waals surface area (Å²) >= 11 is 0. The van der Waals surface area contributed by atoms with Crippen LogP contribution in [0.2, 0.25) is 0 Å². The highest BCUT2D eigenvalue weighted by Gasteiger charge is 2.58. The third kappa shape index (κ3) is 3.20. The smallest absolute Gasteiger partial charge is 0.122 e. The molecule has 31 heavy (non-hydrogen) atoms. The summed E-state index contributed by atoms with van der Waals surface area (Å²) in [6.45, 7) is 12.9. The lowest BCUT2D eigenvalue weighted by Crippen LogP contribution is -2.27. The van der Waals surface area contributed by atoms with E-state index in [9.17, 15) is 10.2 Å². The number of phenolic OH excluding ortho intramolecular Hbond substituents is 2. The Hall–Kier alpha value is -1.96. The summed E-state index contributed by atoms with van der Waals surface area (Å²) in [5.41, 5.74) is 6.89. The van der Waals surface area contributed by atoms with Crippen LogP contribution < -0.4 is 0 Å². The van der Waals surface area contributed by atoms with E-state index >= 15 is 0 Å². The topological polar surface area (TPSA) is 40.5 Å². The molecule has 0 heterocycles. The predicted molar refractivity (Wildman–Crippen MR) is 127 cm³/mol. The quantitative estimate of drug-likeness (QED) is 0.539. The summed E-state index contributed by atoms with van der Waals surface area (Å²) < 4.78 is 0. The molecule has 0 spiro atoms. The van der Waals surface area contributed by atoms with Crippen LogP contribution in [0.5, 0.6) is 11.5 Å². The Morgan fingerprint density at radius 2 is 1.39 bits per heavy atom. The molecule has 0 aliphatic heterocycles. The minimum atomic E-state index is -0.0637. The highest BCUT2D eigenvalue weighted by molar-refractivity contribution is 5.50. The molecule has 3 aliphatic rings. The summed E-state index contributed by atoms with van der Waals surface area (Å²) in [5.74, 6) is 4.77. The van der Waals surface area contributed by atoms with Crippen LogP contribution in [0.15, 0.2) is 24.3 Å². The lowest BCUT2D eigenvalue weighted by molar-refractivity contribution is 0.213. The fourth-order valence-electron chi connectivity index (χ4n) is 7.76. The monoisotopic (exact) mass is 418 g/mol. The number of hydrogen-bond donors (Lipinski definition) is 2. The maximum absolute atomic E-state index is 11.3. The summed E-state index contributed by atoms with van der Waals surface area (Å²) in [5, 5.41) is 22.3. The first-order valence-corrected chi connectivity index (χ1v) is 12.2. The van der Waals surface area contributed by atoms with Crippen molar-refractivity contribution < 1.29 is 10.2 Å². The van der Waals surface area contributed by atoms with Crippen molar-refractivity contribution in [2.24, 2.45) is 23.7 Å². The van der Waals surface area contributed by atoms with Gasteiger partial charge in [0, 0.05) is 0 Å². The van der Waals surface area contributed by atoms with Crippen LogP contribution in [0.25, 0.3) is 0 Å². The van der Waals surface area contributed by atoms with Crippen LogP contribution >= 0.6 is 0 Å². The second-order valence-electron chi connectivity index (χ2n) is 11.9. The van der Waals surface area contributed by atoms with Crippen molar-refractivity contribution in [3.05, 3.63) is 57.6 Å². The maximum atomic E-state index is 11.3. The van der Waals surface area contributed by atoms with Crippen LogP contribution in [0, 0.1) is 44.4 Å². The summed E-state index contributed by atoms with van der Waals surface area (Å²) in [4.78, 5) is 0. The van der Waals surface area contributed by atoms with Crippen molar-refractivity contribution in [3.63, 3.8) is 0 Å². The van der Waals surface area contributed by atoms with Crippen molar-refractivity contribution in [3.8, 4) is 11.5 Å². The van der Waals surface area contributed by atoms with E-state index in [0.717, 1.165) is 23.0 Å². The second-order valence-corrected chi connectivity index (χ2v) is 11.9. The molecular formula is C29H38O2. The van der Waals surface area contributed by atoms with E-state index in [1.165, 1.54) is 47.9 Å². The van der Waals surface area contributed by atoms with Gasteiger partial charge < -0.3 is 10.2 Å². The molecule has 2 bridgehead atoms. The number of rotatable bonds is 2. The summed E-state index contributed by atoms with van der Waals surface area (Å²) in [6, 6.07) is 8.75. The third-order valence-electron chi connectivity index (χ3n) is 8.88. The zero-order valence-corrected chi connectivity index (χ0v) is 20.0. The number of hydrogen-bond acceptors (Lipinski definition) is 2. The highest BCUT2D eigenvalue weighted by atomic mass is 16.3. The van der Waals surface area contributed by atoms with Crippen molar-refractivity contribution >= 4 is 0 Å². The first-order valence-electron chi connectivity index (χ1n) is 12.2. The van der Waals surface area contributed by atoms with Gasteiger partial charge in [-0.05, 0) is 110 Å². The zero-order valence-electron chi connectivity index (χ0n) is 20.0. The van der Waals surface area contributed by atoms with Crippen LogP contribution in [-0.2, 0) is 5.41 Å². The Labute approximate surface area is 187 Å². The van der Waals surface area contributed by atoms with Gasteiger partial charge in [-0.3, -0.25) is 0 Å². The molecule has 0 amide bonds. The average Bonchev–Trinajstić information content (AvgIpc) is 3.37. The Morgan fingerprint density at radius 1 is 0.742 bits per heavy atom. The van der Waals surface area contributed by atoms with Gasteiger partial charge in [-0.1, -0.05) is 56.2 Å². The molecule has 166 valence electrons. The Kier molecular flexibility index (Phi) is 4.74. The van der Waals surface area contributed by atoms with Gasteiger partial charge in [0.05, 0.1) is 0 Å². The molecule has 0 radical (unpaired) electrons. The lowest BCUT2D eigenvalue weighted by atomic mass is 9.68. The van der Waals surface area contributed by atoms with Crippen molar-refractivity contribution in [1.29, 1.82) is 0 Å². The Bertz CT molecular complexity index is 1030. The van der Waals surface area contributed by atoms with Gasteiger partial charge in [-0.15, -0.1) is 0 Å². The van der Waals surface area contributed by atoms with Crippen molar-refractivity contribution in [2.75, 3.05) is 0 Å². The molecule has 2 N–H and O–H groups in total. The molecule has 3 aliphatic carbocycles. The normalized spacial score (nSPS) is 31.9. The first kappa shape index (κ1) is 20.9. The molecule has 2 aromatic rings. The summed E-state index contributed by atoms with van der Waals surface area (Å²) in [6.07, 6.45) is 5.00. The van der Waals surface area contributed by atoms with Gasteiger partial charge in [-0.25, -0.2) is 0 Å². The van der Waals surface area contributed by atoms with E-state index in [-0.39, 0.29) is 5.41 Å². The number of benzene rings is 2. The van der Waals surface area contributed by atoms with Crippen LogP contribution in [0.4, 0.5) is 0 Å². The van der Waals surface area contributed by atoms with Gasteiger partial charge in [-0.2, -0.15) is 0 Å². The molecule has 5 rings (SSSR count). The minimum absolute atomic E-state index is 0.0637. The van der Waals surface area contributed by atoms with Crippen LogP contribution in [0.3, 0.4) is 0 Å². The van der Waals surface area contributed by atoms with E-state index in [1.54, 1.807) is 0 Å². The number of aryl methyl sites for hydroxylation is 3. The molecule has 6 unspecified atom stereocenters. The molecule has 3 saturated carbocycles. The molecule has 3 fully saturated rings. The molecule has 2 aromatic carbocycles. The lowest BCUT2D eigenvalue weighted by Gasteiger charge is -2.36. The van der Waals surface area contributed by atoms with E-state index in [4.69, 9.17) is 0 Å². The molecule has 0 aromatic heterocycles.